The summed E-state index contributed by atoms with van der Waals surface area (Å²) in [5.41, 5.74) is 1.65. The highest BCUT2D eigenvalue weighted by atomic mass is 16.6. The first-order chi connectivity index (χ1) is 14.3. The summed E-state index contributed by atoms with van der Waals surface area (Å²) in [5, 5.41) is 1.03. The van der Waals surface area contributed by atoms with Gasteiger partial charge >= 0.3 is 24.1 Å². The van der Waals surface area contributed by atoms with Crippen molar-refractivity contribution in [3.63, 3.8) is 0 Å². The molecule has 2 amide bonds. The minimum absolute atomic E-state index is 0.0878. The maximum absolute atomic E-state index is 12.6. The number of carbonyl (C=O) groups excluding carboxylic acids is 4. The molecule has 0 heterocycles. The number of hydrazine groups is 1. The Bertz CT molecular complexity index is 720. The summed E-state index contributed by atoms with van der Waals surface area (Å²) in [6.45, 7) is 7.29. The first-order valence-electron chi connectivity index (χ1n) is 9.68. The third kappa shape index (κ3) is 4.12. The first kappa shape index (κ1) is 23.2. The molecular weight excluding hydrogens is 396 g/mol. The van der Waals surface area contributed by atoms with Crippen molar-refractivity contribution in [2.24, 2.45) is 23.2 Å². The molecule has 0 aromatic carbocycles. The molecule has 2 unspecified atom stereocenters. The Morgan fingerprint density at radius 2 is 1.73 bits per heavy atom. The van der Waals surface area contributed by atoms with Crippen molar-refractivity contribution in [3.05, 3.63) is 24.8 Å². The van der Waals surface area contributed by atoms with Gasteiger partial charge in [0.05, 0.1) is 33.5 Å². The van der Waals surface area contributed by atoms with Crippen LogP contribution in [0.3, 0.4) is 0 Å². The van der Waals surface area contributed by atoms with Gasteiger partial charge in [0.15, 0.2) is 5.92 Å². The summed E-state index contributed by atoms with van der Waals surface area (Å²) in [4.78, 5) is 49.5. The van der Waals surface area contributed by atoms with E-state index in [1.807, 2.05) is 0 Å². The number of hydrogen-bond donors (Lipinski definition) is 1. The normalized spacial score (nSPS) is 26.1. The quantitative estimate of drug-likeness (QED) is 0.216. The van der Waals surface area contributed by atoms with E-state index in [0.29, 0.717) is 6.42 Å². The third-order valence-corrected chi connectivity index (χ3v) is 5.56. The minimum Gasteiger partial charge on any atom is -0.468 e. The van der Waals surface area contributed by atoms with Crippen molar-refractivity contribution >= 4 is 24.1 Å². The monoisotopic (exact) mass is 424 g/mol. The Morgan fingerprint density at radius 3 is 2.20 bits per heavy atom. The molecule has 166 valence electrons. The van der Waals surface area contributed by atoms with Crippen molar-refractivity contribution in [2.45, 2.75) is 26.3 Å². The lowest BCUT2D eigenvalue weighted by Crippen LogP contribution is -2.55. The highest BCUT2D eigenvalue weighted by Crippen LogP contribution is 2.66. The van der Waals surface area contributed by atoms with Crippen LogP contribution in [-0.2, 0) is 28.5 Å². The Balaban J connectivity index is 2.44. The number of allylic oxidation sites excluding steroid dienone is 2. The molecule has 1 saturated carbocycles. The van der Waals surface area contributed by atoms with Crippen molar-refractivity contribution in [1.29, 1.82) is 0 Å². The number of esters is 2. The van der Waals surface area contributed by atoms with Gasteiger partial charge in [-0.05, 0) is 26.2 Å². The van der Waals surface area contributed by atoms with Crippen LogP contribution in [0.25, 0.3) is 0 Å². The Kier molecular flexibility index (Phi) is 7.47. The molecule has 0 radical (unpaired) electrons. The number of nitrogens with one attached hydrogen (secondary N) is 1. The predicted molar refractivity (Wildman–Crippen MR) is 104 cm³/mol. The van der Waals surface area contributed by atoms with Crippen LogP contribution in [0.5, 0.6) is 0 Å². The minimum atomic E-state index is -1.22. The van der Waals surface area contributed by atoms with Crippen molar-refractivity contribution in [3.8, 4) is 0 Å². The van der Waals surface area contributed by atoms with Gasteiger partial charge in [-0.25, -0.2) is 20.0 Å². The number of amides is 2. The zero-order chi connectivity index (χ0) is 22.5. The molecule has 4 atom stereocenters. The van der Waals surface area contributed by atoms with E-state index >= 15 is 0 Å². The molecule has 0 aromatic heterocycles. The average molecular weight is 424 g/mol. The molecule has 1 N–H and O–H groups in total. The lowest BCUT2D eigenvalue weighted by Gasteiger charge is -2.35. The molecular formula is C20H28N2O8. The Labute approximate surface area is 175 Å². The van der Waals surface area contributed by atoms with Gasteiger partial charge in [0.25, 0.3) is 0 Å². The Morgan fingerprint density at radius 1 is 1.13 bits per heavy atom. The molecule has 2 rings (SSSR count). The highest BCUT2D eigenvalue weighted by Gasteiger charge is 2.68. The standard InChI is InChI=1S/C20H28N2O8/c1-6-12-11-20(12)13(15(16(23)27-4)17(24)28-5)9-10-14(20)22(19(26)30-8-3)21-18(25)29-7-2/h6,9-10,12-15H,1,7-8,11H2,2-5H3,(H,21,25)/t12?,13-,14-,20?/m0/s1. The molecule has 0 aromatic rings. The summed E-state index contributed by atoms with van der Waals surface area (Å²) < 4.78 is 19.6. The summed E-state index contributed by atoms with van der Waals surface area (Å²) >= 11 is 0. The van der Waals surface area contributed by atoms with Crippen LogP contribution in [0.2, 0.25) is 0 Å². The fourth-order valence-electron chi connectivity index (χ4n) is 4.20. The van der Waals surface area contributed by atoms with Crippen LogP contribution in [0.1, 0.15) is 20.3 Å². The van der Waals surface area contributed by atoms with E-state index in [1.54, 1.807) is 32.1 Å². The van der Waals surface area contributed by atoms with Crippen LogP contribution in [0.15, 0.2) is 24.8 Å². The van der Waals surface area contributed by atoms with Gasteiger partial charge < -0.3 is 18.9 Å². The number of ether oxygens (including phenoxy) is 4. The lowest BCUT2D eigenvalue weighted by molar-refractivity contribution is -0.162. The van der Waals surface area contributed by atoms with E-state index in [2.05, 4.69) is 12.0 Å². The zero-order valence-electron chi connectivity index (χ0n) is 17.6. The smallest absolute Gasteiger partial charge is 0.429 e. The maximum atomic E-state index is 12.6. The van der Waals surface area contributed by atoms with E-state index in [9.17, 15) is 19.2 Å². The Hall–Kier alpha value is -3.04. The average Bonchev–Trinajstić information content (AvgIpc) is 3.35. The van der Waals surface area contributed by atoms with Gasteiger partial charge in [0, 0.05) is 11.3 Å². The van der Waals surface area contributed by atoms with Gasteiger partial charge in [0.1, 0.15) is 0 Å². The highest BCUT2D eigenvalue weighted by molar-refractivity contribution is 5.96. The van der Waals surface area contributed by atoms with Crippen molar-refractivity contribution in [1.82, 2.24) is 10.4 Å². The number of carbonyl (C=O) groups is 4. The molecule has 2 aliphatic carbocycles. The fourth-order valence-corrected chi connectivity index (χ4v) is 4.20. The van der Waals surface area contributed by atoms with E-state index in [0.717, 1.165) is 5.01 Å². The lowest BCUT2D eigenvalue weighted by atomic mass is 9.77. The number of nitrogens with zero attached hydrogens (tertiary/aromatic N) is 1. The first-order valence-corrected chi connectivity index (χ1v) is 9.68. The third-order valence-electron chi connectivity index (χ3n) is 5.56. The molecule has 30 heavy (non-hydrogen) atoms. The van der Waals surface area contributed by atoms with E-state index in [1.165, 1.54) is 14.2 Å². The fraction of sp³-hybridized carbons (Fsp3) is 0.600. The molecule has 10 nitrogen and oxygen atoms in total. The van der Waals surface area contributed by atoms with Gasteiger partial charge in [-0.15, -0.1) is 6.58 Å². The molecule has 0 saturated heterocycles. The second-order valence-electron chi connectivity index (χ2n) is 6.94. The van der Waals surface area contributed by atoms with Crippen LogP contribution in [0, 0.1) is 23.2 Å². The van der Waals surface area contributed by atoms with Gasteiger partial charge in [0.2, 0.25) is 0 Å². The molecule has 1 fully saturated rings. The van der Waals surface area contributed by atoms with Gasteiger partial charge in [-0.1, -0.05) is 18.2 Å². The van der Waals surface area contributed by atoms with E-state index in [-0.39, 0.29) is 19.1 Å². The van der Waals surface area contributed by atoms with Crippen molar-refractivity contribution in [2.75, 3.05) is 27.4 Å². The van der Waals surface area contributed by atoms with Crippen LogP contribution in [-0.4, -0.2) is 62.6 Å². The van der Waals surface area contributed by atoms with Gasteiger partial charge in [-0.2, -0.15) is 0 Å². The van der Waals surface area contributed by atoms with Crippen LogP contribution < -0.4 is 5.43 Å². The second-order valence-corrected chi connectivity index (χ2v) is 6.94. The van der Waals surface area contributed by atoms with Crippen LogP contribution >= 0.6 is 0 Å². The number of rotatable bonds is 7. The number of hydrogen-bond acceptors (Lipinski definition) is 8. The zero-order valence-corrected chi connectivity index (χ0v) is 17.6. The molecule has 1 spiro atoms. The number of methoxy groups -OCH3 is 2. The second kappa shape index (κ2) is 9.64. The summed E-state index contributed by atoms with van der Waals surface area (Å²) in [6.07, 6.45) is 3.95. The maximum Gasteiger partial charge on any atom is 0.429 e. The van der Waals surface area contributed by atoms with E-state index in [4.69, 9.17) is 18.9 Å². The van der Waals surface area contributed by atoms with Crippen molar-refractivity contribution < 1.29 is 38.1 Å². The van der Waals surface area contributed by atoms with Gasteiger partial charge in [-0.3, -0.25) is 9.59 Å². The molecule has 10 heteroatoms. The van der Waals surface area contributed by atoms with Crippen LogP contribution in [0.4, 0.5) is 9.59 Å². The SMILES string of the molecule is C=CC1CC12[C@@H](N(NC(=O)OCC)C(=O)OCC)C=C[C@H]2C(C(=O)OC)C(=O)OC. The largest absolute Gasteiger partial charge is 0.468 e. The van der Waals surface area contributed by atoms with E-state index < -0.39 is 47.4 Å². The predicted octanol–water partition coefficient (Wildman–Crippen LogP) is 1.82. The topological polar surface area (TPSA) is 120 Å². The molecule has 0 aliphatic heterocycles. The summed E-state index contributed by atoms with van der Waals surface area (Å²) in [7, 11) is 2.37. The summed E-state index contributed by atoms with van der Waals surface area (Å²) in [5.74, 6) is -3.47. The molecule has 2 aliphatic rings. The summed E-state index contributed by atoms with van der Waals surface area (Å²) in [6, 6.07) is -0.703. The molecule has 0 bridgehead atoms.